The van der Waals surface area contributed by atoms with E-state index in [0.717, 1.165) is 30.5 Å². The molecule has 0 radical (unpaired) electrons. The molecule has 1 aliphatic carbocycles. The third kappa shape index (κ3) is 4.11. The molecule has 1 atom stereocenters. The van der Waals surface area contributed by atoms with Crippen LogP contribution in [0.3, 0.4) is 0 Å². The van der Waals surface area contributed by atoms with Crippen LogP contribution in [0.4, 0.5) is 11.4 Å². The van der Waals surface area contributed by atoms with Gasteiger partial charge in [0.2, 0.25) is 0 Å². The van der Waals surface area contributed by atoms with Gasteiger partial charge >= 0.3 is 5.97 Å². The predicted octanol–water partition coefficient (Wildman–Crippen LogP) is 6.34. The number of carbonyl (C=O) groups excluding carboxylic acids is 1. The minimum absolute atomic E-state index is 0.167. The van der Waals surface area contributed by atoms with Gasteiger partial charge in [-0.1, -0.05) is 42.5 Å². The van der Waals surface area contributed by atoms with Crippen LogP contribution in [-0.4, -0.2) is 5.97 Å². The Labute approximate surface area is 158 Å². The normalized spacial score (nSPS) is 16.1. The van der Waals surface area contributed by atoms with Gasteiger partial charge in [0.15, 0.2) is 0 Å². The van der Waals surface area contributed by atoms with Gasteiger partial charge in [0.1, 0.15) is 6.10 Å². The van der Waals surface area contributed by atoms with Crippen LogP contribution in [0.1, 0.15) is 40.4 Å². The highest BCUT2D eigenvalue weighted by molar-refractivity contribution is 5.89. The molecule has 4 nitrogen and oxygen atoms in total. The highest BCUT2D eigenvalue weighted by Gasteiger charge is 2.23. The molecule has 0 N–H and O–H groups in total. The molecule has 0 saturated carbocycles. The van der Waals surface area contributed by atoms with E-state index in [-0.39, 0.29) is 12.1 Å². The number of aryl methyl sites for hydroxylation is 1. The number of hydrogen-bond donors (Lipinski definition) is 0. The standard InChI is InChI=1S/C23H20N2O2/c26-23(27-22-12-6-8-17-7-4-5-11-21(17)22)18-13-15-20(16-14-18)25-24-19-9-2-1-3-10-19/h1-5,7,9-11,13-16,22H,6,8,12H2. The van der Waals surface area contributed by atoms with Crippen molar-refractivity contribution in [2.24, 2.45) is 10.2 Å². The van der Waals surface area contributed by atoms with Gasteiger partial charge in [-0.2, -0.15) is 10.2 Å². The van der Waals surface area contributed by atoms with E-state index < -0.39 is 0 Å². The minimum atomic E-state index is -0.303. The number of benzene rings is 3. The number of fused-ring (bicyclic) bond motifs is 1. The zero-order valence-electron chi connectivity index (χ0n) is 14.9. The van der Waals surface area contributed by atoms with Crippen molar-refractivity contribution >= 4 is 17.3 Å². The predicted molar refractivity (Wildman–Crippen MR) is 105 cm³/mol. The molecular weight excluding hydrogens is 336 g/mol. The third-order valence-electron chi connectivity index (χ3n) is 4.70. The molecule has 0 aromatic heterocycles. The summed E-state index contributed by atoms with van der Waals surface area (Å²) in [6, 6.07) is 24.7. The molecule has 0 fully saturated rings. The van der Waals surface area contributed by atoms with Gasteiger partial charge in [0, 0.05) is 0 Å². The summed E-state index contributed by atoms with van der Waals surface area (Å²) in [5.41, 5.74) is 4.41. The Kier molecular flexibility index (Phi) is 5.06. The summed E-state index contributed by atoms with van der Waals surface area (Å²) in [5.74, 6) is -0.303. The number of carbonyl (C=O) groups is 1. The van der Waals surface area contributed by atoms with Crippen LogP contribution in [0.2, 0.25) is 0 Å². The van der Waals surface area contributed by atoms with Crippen molar-refractivity contribution in [3.63, 3.8) is 0 Å². The van der Waals surface area contributed by atoms with Gasteiger partial charge in [-0.15, -0.1) is 0 Å². The highest BCUT2D eigenvalue weighted by atomic mass is 16.5. The van der Waals surface area contributed by atoms with Crippen molar-refractivity contribution in [1.82, 2.24) is 0 Å². The van der Waals surface area contributed by atoms with Crippen molar-refractivity contribution in [1.29, 1.82) is 0 Å². The van der Waals surface area contributed by atoms with Crippen LogP contribution in [0.15, 0.2) is 89.1 Å². The largest absolute Gasteiger partial charge is 0.454 e. The molecule has 0 amide bonds. The second kappa shape index (κ2) is 7.96. The first-order chi connectivity index (χ1) is 13.3. The van der Waals surface area contributed by atoms with Gasteiger partial charge < -0.3 is 4.74 Å². The maximum atomic E-state index is 12.5. The monoisotopic (exact) mass is 356 g/mol. The van der Waals surface area contributed by atoms with Crippen LogP contribution in [-0.2, 0) is 11.2 Å². The van der Waals surface area contributed by atoms with E-state index in [2.05, 4.69) is 22.4 Å². The van der Waals surface area contributed by atoms with E-state index in [1.807, 2.05) is 42.5 Å². The summed E-state index contributed by atoms with van der Waals surface area (Å²) in [7, 11) is 0. The lowest BCUT2D eigenvalue weighted by molar-refractivity contribution is 0.0256. The first kappa shape index (κ1) is 17.2. The SMILES string of the molecule is O=C(OC1CCCc2ccccc21)c1ccc(N=Nc2ccccc2)cc1. The van der Waals surface area contributed by atoms with E-state index >= 15 is 0 Å². The molecule has 4 heteroatoms. The van der Waals surface area contributed by atoms with Crippen LogP contribution in [0.25, 0.3) is 0 Å². The molecule has 0 spiro atoms. The van der Waals surface area contributed by atoms with Gasteiger partial charge in [-0.05, 0) is 66.8 Å². The third-order valence-corrected chi connectivity index (χ3v) is 4.70. The fourth-order valence-corrected chi connectivity index (χ4v) is 3.30. The van der Waals surface area contributed by atoms with E-state index in [4.69, 9.17) is 4.74 Å². The Morgan fingerprint density at radius 3 is 2.26 bits per heavy atom. The molecule has 0 saturated heterocycles. The second-order valence-electron chi connectivity index (χ2n) is 6.57. The first-order valence-corrected chi connectivity index (χ1v) is 9.15. The Morgan fingerprint density at radius 1 is 0.815 bits per heavy atom. The highest BCUT2D eigenvalue weighted by Crippen LogP contribution is 2.33. The van der Waals surface area contributed by atoms with Crippen molar-refractivity contribution in [2.75, 3.05) is 0 Å². The zero-order chi connectivity index (χ0) is 18.5. The fourth-order valence-electron chi connectivity index (χ4n) is 3.30. The van der Waals surface area contributed by atoms with Crippen LogP contribution >= 0.6 is 0 Å². The number of esters is 1. The number of nitrogens with zero attached hydrogens (tertiary/aromatic N) is 2. The molecule has 27 heavy (non-hydrogen) atoms. The molecular formula is C23H20N2O2. The Balaban J connectivity index is 1.44. The lowest BCUT2D eigenvalue weighted by Crippen LogP contribution is -2.16. The lowest BCUT2D eigenvalue weighted by Gasteiger charge is -2.25. The van der Waals surface area contributed by atoms with Gasteiger partial charge in [0.25, 0.3) is 0 Å². The smallest absolute Gasteiger partial charge is 0.338 e. The Morgan fingerprint density at radius 2 is 1.48 bits per heavy atom. The summed E-state index contributed by atoms with van der Waals surface area (Å²) in [6.07, 6.45) is 2.78. The fraction of sp³-hybridized carbons (Fsp3) is 0.174. The summed E-state index contributed by atoms with van der Waals surface area (Å²) >= 11 is 0. The van der Waals surface area contributed by atoms with Crippen molar-refractivity contribution in [3.8, 4) is 0 Å². The topological polar surface area (TPSA) is 51.0 Å². The molecule has 4 rings (SSSR count). The molecule has 0 bridgehead atoms. The Hall–Kier alpha value is -3.27. The minimum Gasteiger partial charge on any atom is -0.454 e. The van der Waals surface area contributed by atoms with Crippen molar-refractivity contribution in [2.45, 2.75) is 25.4 Å². The van der Waals surface area contributed by atoms with E-state index in [1.54, 1.807) is 24.3 Å². The quantitative estimate of drug-likeness (QED) is 0.405. The molecule has 1 aliphatic rings. The molecule has 3 aromatic rings. The summed E-state index contributed by atoms with van der Waals surface area (Å²) in [4.78, 5) is 12.5. The van der Waals surface area contributed by atoms with E-state index in [9.17, 15) is 4.79 Å². The van der Waals surface area contributed by atoms with Gasteiger partial charge in [0.05, 0.1) is 16.9 Å². The Bertz CT molecular complexity index is 950. The lowest BCUT2D eigenvalue weighted by atomic mass is 9.89. The zero-order valence-corrected chi connectivity index (χ0v) is 14.9. The van der Waals surface area contributed by atoms with Gasteiger partial charge in [-0.25, -0.2) is 4.79 Å². The number of ether oxygens (including phenoxy) is 1. The average molecular weight is 356 g/mol. The first-order valence-electron chi connectivity index (χ1n) is 9.15. The van der Waals surface area contributed by atoms with E-state index in [0.29, 0.717) is 11.3 Å². The number of azo groups is 1. The molecule has 0 aliphatic heterocycles. The average Bonchev–Trinajstić information content (AvgIpc) is 2.74. The molecule has 3 aromatic carbocycles. The van der Waals surface area contributed by atoms with Crippen molar-refractivity contribution in [3.05, 3.63) is 95.6 Å². The maximum Gasteiger partial charge on any atom is 0.338 e. The van der Waals surface area contributed by atoms with Gasteiger partial charge in [-0.3, -0.25) is 0 Å². The second-order valence-corrected chi connectivity index (χ2v) is 6.57. The summed E-state index contributed by atoms with van der Waals surface area (Å²) < 4.78 is 5.78. The molecule has 0 heterocycles. The maximum absolute atomic E-state index is 12.5. The van der Waals surface area contributed by atoms with E-state index in [1.165, 1.54) is 5.56 Å². The number of rotatable bonds is 4. The van der Waals surface area contributed by atoms with Crippen LogP contribution < -0.4 is 0 Å². The number of hydrogen-bond acceptors (Lipinski definition) is 4. The summed E-state index contributed by atoms with van der Waals surface area (Å²) in [5, 5.41) is 8.37. The summed E-state index contributed by atoms with van der Waals surface area (Å²) in [6.45, 7) is 0. The van der Waals surface area contributed by atoms with Crippen LogP contribution in [0.5, 0.6) is 0 Å². The molecule has 1 unspecified atom stereocenters. The van der Waals surface area contributed by atoms with Crippen molar-refractivity contribution < 1.29 is 9.53 Å². The van der Waals surface area contributed by atoms with Crippen LogP contribution in [0, 0.1) is 0 Å². The molecule has 134 valence electrons.